The summed E-state index contributed by atoms with van der Waals surface area (Å²) in [5.41, 5.74) is 0. The second-order valence-electron chi connectivity index (χ2n) is 3.06. The summed E-state index contributed by atoms with van der Waals surface area (Å²) in [6, 6.07) is 0. The van der Waals surface area contributed by atoms with Crippen molar-refractivity contribution in [1.82, 2.24) is 0 Å². The number of aliphatic hydroxyl groups excluding tert-OH is 1. The minimum absolute atomic E-state index is 0.0234. The standard InChI is InChI=1S/C9H16O3/c1-3-4-5-9(2)11-7-8(6-10)12-9/h4-5,8,10H,3,6-7H2,1-2H3/b5-4+. The lowest BCUT2D eigenvalue weighted by atomic mass is 10.2. The van der Waals surface area contributed by atoms with E-state index in [1.54, 1.807) is 0 Å². The van der Waals surface area contributed by atoms with E-state index < -0.39 is 5.79 Å². The molecule has 70 valence electrons. The van der Waals surface area contributed by atoms with Gasteiger partial charge in [-0.05, 0) is 19.4 Å². The molecule has 0 spiro atoms. The van der Waals surface area contributed by atoms with Crippen molar-refractivity contribution in [3.05, 3.63) is 12.2 Å². The lowest BCUT2D eigenvalue weighted by Gasteiger charge is -2.18. The Bertz CT molecular complexity index is 167. The molecule has 1 rings (SSSR count). The SMILES string of the molecule is CC/C=C/C1(C)OCC(CO)O1. The molecule has 3 heteroatoms. The highest BCUT2D eigenvalue weighted by molar-refractivity contribution is 4.96. The van der Waals surface area contributed by atoms with Crippen LogP contribution in [0.4, 0.5) is 0 Å². The molecule has 1 aliphatic rings. The summed E-state index contributed by atoms with van der Waals surface area (Å²) in [6.07, 6.45) is 4.69. The van der Waals surface area contributed by atoms with Crippen LogP contribution in [0.25, 0.3) is 0 Å². The summed E-state index contributed by atoms with van der Waals surface area (Å²) in [5.74, 6) is -0.622. The first-order valence-corrected chi connectivity index (χ1v) is 4.30. The summed E-state index contributed by atoms with van der Waals surface area (Å²) in [6.45, 7) is 4.41. The van der Waals surface area contributed by atoms with Crippen LogP contribution in [0, 0.1) is 0 Å². The maximum atomic E-state index is 8.79. The fourth-order valence-corrected chi connectivity index (χ4v) is 1.17. The van der Waals surface area contributed by atoms with E-state index in [2.05, 4.69) is 6.92 Å². The van der Waals surface area contributed by atoms with Gasteiger partial charge in [0, 0.05) is 0 Å². The topological polar surface area (TPSA) is 38.7 Å². The molecule has 1 heterocycles. The third kappa shape index (κ3) is 2.30. The highest BCUT2D eigenvalue weighted by Gasteiger charge is 2.34. The summed E-state index contributed by atoms with van der Waals surface area (Å²) in [4.78, 5) is 0. The van der Waals surface area contributed by atoms with Crippen molar-refractivity contribution < 1.29 is 14.6 Å². The summed E-state index contributed by atoms with van der Waals surface area (Å²) in [5, 5.41) is 8.79. The minimum atomic E-state index is -0.622. The molecule has 0 aromatic carbocycles. The smallest absolute Gasteiger partial charge is 0.185 e. The van der Waals surface area contributed by atoms with Gasteiger partial charge in [0.1, 0.15) is 6.10 Å². The van der Waals surface area contributed by atoms with E-state index in [1.165, 1.54) is 0 Å². The Morgan fingerprint density at radius 1 is 1.67 bits per heavy atom. The van der Waals surface area contributed by atoms with Crippen LogP contribution in [0.3, 0.4) is 0 Å². The first-order chi connectivity index (χ1) is 5.70. The molecular formula is C9H16O3. The van der Waals surface area contributed by atoms with Crippen molar-refractivity contribution in [2.75, 3.05) is 13.2 Å². The van der Waals surface area contributed by atoms with E-state index in [1.807, 2.05) is 19.1 Å². The van der Waals surface area contributed by atoms with Crippen molar-refractivity contribution in [2.24, 2.45) is 0 Å². The lowest BCUT2D eigenvalue weighted by Crippen LogP contribution is -2.24. The number of hydrogen-bond acceptors (Lipinski definition) is 3. The maximum absolute atomic E-state index is 8.79. The van der Waals surface area contributed by atoms with Crippen LogP contribution in [-0.4, -0.2) is 30.2 Å². The zero-order valence-corrected chi connectivity index (χ0v) is 7.62. The van der Waals surface area contributed by atoms with Crippen LogP contribution in [-0.2, 0) is 9.47 Å². The summed E-state index contributed by atoms with van der Waals surface area (Å²) < 4.78 is 10.8. The Morgan fingerprint density at radius 2 is 2.42 bits per heavy atom. The molecule has 0 aromatic rings. The molecule has 12 heavy (non-hydrogen) atoms. The van der Waals surface area contributed by atoms with Gasteiger partial charge in [-0.25, -0.2) is 0 Å². The van der Waals surface area contributed by atoms with E-state index >= 15 is 0 Å². The molecule has 1 saturated heterocycles. The molecule has 0 saturated carbocycles. The van der Waals surface area contributed by atoms with Gasteiger partial charge in [0.05, 0.1) is 13.2 Å². The van der Waals surface area contributed by atoms with Gasteiger partial charge < -0.3 is 14.6 Å². The maximum Gasteiger partial charge on any atom is 0.185 e. The molecule has 2 unspecified atom stereocenters. The molecule has 0 amide bonds. The van der Waals surface area contributed by atoms with Gasteiger partial charge in [-0.3, -0.25) is 0 Å². The van der Waals surface area contributed by atoms with Gasteiger partial charge in [-0.15, -0.1) is 0 Å². The van der Waals surface area contributed by atoms with Gasteiger partial charge in [0.15, 0.2) is 5.79 Å². The predicted octanol–water partition coefficient (Wildman–Crippen LogP) is 1.08. The van der Waals surface area contributed by atoms with Gasteiger partial charge in [-0.2, -0.15) is 0 Å². The number of ether oxygens (including phenoxy) is 2. The van der Waals surface area contributed by atoms with Gasteiger partial charge in [0.2, 0.25) is 0 Å². The third-order valence-electron chi connectivity index (χ3n) is 1.82. The Hall–Kier alpha value is -0.380. The molecule has 3 nitrogen and oxygen atoms in total. The molecular weight excluding hydrogens is 156 g/mol. The van der Waals surface area contributed by atoms with Crippen LogP contribution in [0.15, 0.2) is 12.2 Å². The number of aliphatic hydroxyl groups is 1. The van der Waals surface area contributed by atoms with Crippen LogP contribution in [0.1, 0.15) is 20.3 Å². The van der Waals surface area contributed by atoms with Crippen LogP contribution >= 0.6 is 0 Å². The lowest BCUT2D eigenvalue weighted by molar-refractivity contribution is -0.118. The molecule has 0 aromatic heterocycles. The van der Waals surface area contributed by atoms with Gasteiger partial charge in [-0.1, -0.05) is 13.0 Å². The highest BCUT2D eigenvalue weighted by atomic mass is 16.7. The van der Waals surface area contributed by atoms with Crippen molar-refractivity contribution >= 4 is 0 Å². The number of allylic oxidation sites excluding steroid dienone is 1. The predicted molar refractivity (Wildman–Crippen MR) is 45.7 cm³/mol. The fraction of sp³-hybridized carbons (Fsp3) is 0.778. The van der Waals surface area contributed by atoms with E-state index in [4.69, 9.17) is 14.6 Å². The number of hydrogen-bond donors (Lipinski definition) is 1. The Morgan fingerprint density at radius 3 is 2.92 bits per heavy atom. The van der Waals surface area contributed by atoms with E-state index in [9.17, 15) is 0 Å². The largest absolute Gasteiger partial charge is 0.394 e. The third-order valence-corrected chi connectivity index (χ3v) is 1.82. The van der Waals surface area contributed by atoms with E-state index in [0.29, 0.717) is 6.61 Å². The zero-order chi connectivity index (χ0) is 9.03. The monoisotopic (exact) mass is 172 g/mol. The summed E-state index contributed by atoms with van der Waals surface area (Å²) in [7, 11) is 0. The van der Waals surface area contributed by atoms with Crippen molar-refractivity contribution in [3.63, 3.8) is 0 Å². The Balaban J connectivity index is 2.46. The molecule has 1 fully saturated rings. The first kappa shape index (κ1) is 9.71. The highest BCUT2D eigenvalue weighted by Crippen LogP contribution is 2.24. The molecule has 0 aliphatic carbocycles. The van der Waals surface area contributed by atoms with Crippen LogP contribution in [0.2, 0.25) is 0 Å². The minimum Gasteiger partial charge on any atom is -0.394 e. The van der Waals surface area contributed by atoms with Crippen LogP contribution < -0.4 is 0 Å². The van der Waals surface area contributed by atoms with E-state index in [-0.39, 0.29) is 12.7 Å². The zero-order valence-electron chi connectivity index (χ0n) is 7.62. The van der Waals surface area contributed by atoms with Crippen molar-refractivity contribution in [3.8, 4) is 0 Å². The molecule has 2 atom stereocenters. The summed E-state index contributed by atoms with van der Waals surface area (Å²) >= 11 is 0. The second kappa shape index (κ2) is 4.03. The van der Waals surface area contributed by atoms with Crippen molar-refractivity contribution in [2.45, 2.75) is 32.2 Å². The first-order valence-electron chi connectivity index (χ1n) is 4.30. The van der Waals surface area contributed by atoms with Gasteiger partial charge in [0.25, 0.3) is 0 Å². The second-order valence-corrected chi connectivity index (χ2v) is 3.06. The molecule has 1 aliphatic heterocycles. The number of rotatable bonds is 3. The average Bonchev–Trinajstić information content (AvgIpc) is 2.45. The Kier molecular flexibility index (Phi) is 3.26. The van der Waals surface area contributed by atoms with E-state index in [0.717, 1.165) is 6.42 Å². The Labute approximate surface area is 73.0 Å². The molecule has 0 bridgehead atoms. The average molecular weight is 172 g/mol. The molecule has 0 radical (unpaired) electrons. The quantitative estimate of drug-likeness (QED) is 0.647. The van der Waals surface area contributed by atoms with Crippen molar-refractivity contribution in [1.29, 1.82) is 0 Å². The van der Waals surface area contributed by atoms with Gasteiger partial charge >= 0.3 is 0 Å². The fourth-order valence-electron chi connectivity index (χ4n) is 1.17. The molecule has 1 N–H and O–H groups in total. The normalized spacial score (nSPS) is 36.4. The van der Waals surface area contributed by atoms with Crippen LogP contribution in [0.5, 0.6) is 0 Å².